The molecule has 2 N–H and O–H groups in total. The van der Waals surface area contributed by atoms with Crippen molar-refractivity contribution in [1.29, 1.82) is 0 Å². The van der Waals surface area contributed by atoms with Gasteiger partial charge in [-0.3, -0.25) is 14.5 Å². The van der Waals surface area contributed by atoms with Crippen LogP contribution in [0.3, 0.4) is 0 Å². The van der Waals surface area contributed by atoms with Gasteiger partial charge in [-0.05, 0) is 71.6 Å². The first kappa shape index (κ1) is 27.4. The van der Waals surface area contributed by atoms with Gasteiger partial charge in [-0.25, -0.2) is 14.1 Å². The predicted octanol–water partition coefficient (Wildman–Crippen LogP) is 5.77. The van der Waals surface area contributed by atoms with Crippen LogP contribution in [-0.4, -0.2) is 47.4 Å². The number of amides is 4. The number of para-hydroxylation sites is 1. The maximum absolute atomic E-state index is 14.1. The molecule has 0 saturated carbocycles. The van der Waals surface area contributed by atoms with Crippen LogP contribution in [0, 0.1) is 5.82 Å². The van der Waals surface area contributed by atoms with Crippen molar-refractivity contribution >= 4 is 34.4 Å². The number of nitrogens with zero attached hydrogens (tertiary/aromatic N) is 2. The molecule has 8 nitrogen and oxygen atoms in total. The minimum absolute atomic E-state index is 0.266. The minimum atomic E-state index is -0.702. The molecule has 0 radical (unpaired) electrons. The lowest BCUT2D eigenvalue weighted by Crippen LogP contribution is -2.44. The van der Waals surface area contributed by atoms with Crippen molar-refractivity contribution in [2.45, 2.75) is 24.9 Å². The summed E-state index contributed by atoms with van der Waals surface area (Å²) in [6.07, 6.45) is 0.736. The van der Waals surface area contributed by atoms with E-state index in [1.165, 1.54) is 11.0 Å². The molecule has 2 aliphatic heterocycles. The van der Waals surface area contributed by atoms with E-state index in [-0.39, 0.29) is 24.2 Å². The molecule has 7 rings (SSSR count). The largest absolute Gasteiger partial charge is 0.497 e. The molecule has 1 unspecified atom stereocenters. The van der Waals surface area contributed by atoms with E-state index in [4.69, 9.17) is 4.74 Å². The first-order valence-electron chi connectivity index (χ1n) is 14.5. The number of benzene rings is 4. The lowest BCUT2D eigenvalue weighted by atomic mass is 9.89. The molecule has 44 heavy (non-hydrogen) atoms. The fourth-order valence-corrected chi connectivity index (χ4v) is 6.35. The van der Waals surface area contributed by atoms with Crippen LogP contribution in [0.1, 0.15) is 38.8 Å². The van der Waals surface area contributed by atoms with Crippen LogP contribution < -0.4 is 15.0 Å². The summed E-state index contributed by atoms with van der Waals surface area (Å²) < 4.78 is 19.4. The SMILES string of the molecule is COc1cccc(C2c3[nH]c4ccccc4c3C[C@H]3C(=O)N(c4ccc(C(=O)NCCc5ccccc5F)cc4)C(=O)N23)c1. The van der Waals surface area contributed by atoms with Crippen molar-refractivity contribution in [3.05, 3.63) is 131 Å². The summed E-state index contributed by atoms with van der Waals surface area (Å²) in [5.74, 6) is -0.301. The number of anilines is 1. The zero-order valence-electron chi connectivity index (χ0n) is 23.9. The predicted molar refractivity (Wildman–Crippen MR) is 164 cm³/mol. The van der Waals surface area contributed by atoms with E-state index in [9.17, 15) is 18.8 Å². The van der Waals surface area contributed by atoms with Crippen LogP contribution in [0.25, 0.3) is 10.9 Å². The first-order valence-corrected chi connectivity index (χ1v) is 14.5. The van der Waals surface area contributed by atoms with E-state index >= 15 is 0 Å². The first-order chi connectivity index (χ1) is 21.4. The third-order valence-corrected chi connectivity index (χ3v) is 8.48. The van der Waals surface area contributed by atoms with Gasteiger partial charge in [0.2, 0.25) is 0 Å². The maximum Gasteiger partial charge on any atom is 0.332 e. The van der Waals surface area contributed by atoms with E-state index in [0.717, 1.165) is 27.7 Å². The van der Waals surface area contributed by atoms with Crippen molar-refractivity contribution in [1.82, 2.24) is 15.2 Å². The number of aromatic amines is 1. The Hall–Kier alpha value is -5.44. The molecule has 1 saturated heterocycles. The Bertz CT molecular complexity index is 1920. The molecule has 9 heteroatoms. The summed E-state index contributed by atoms with van der Waals surface area (Å²) in [7, 11) is 1.59. The van der Waals surface area contributed by atoms with Crippen molar-refractivity contribution in [3.8, 4) is 5.75 Å². The fraction of sp³-hybridized carbons (Fsp3) is 0.171. The standard InChI is InChI=1S/C35H29FN4O4/c1-44-25-9-6-8-23(19-25)32-31-27(26-10-3-5-12-29(26)38-31)20-30-34(42)39(35(43)40(30)32)24-15-13-22(14-16-24)33(41)37-18-17-21-7-2-4-11-28(21)36/h2-16,19,30,32,38H,17-18,20H2,1H3,(H,37,41)/t30-,32?/m0/s1. The van der Waals surface area contributed by atoms with Gasteiger partial charge >= 0.3 is 6.03 Å². The van der Waals surface area contributed by atoms with E-state index < -0.39 is 18.1 Å². The van der Waals surface area contributed by atoms with E-state index in [1.807, 2.05) is 48.5 Å². The fourth-order valence-electron chi connectivity index (χ4n) is 6.35. The summed E-state index contributed by atoms with van der Waals surface area (Å²) in [4.78, 5) is 47.2. The smallest absolute Gasteiger partial charge is 0.332 e. The Kier molecular flexibility index (Phi) is 6.85. The van der Waals surface area contributed by atoms with Crippen molar-refractivity contribution in [2.75, 3.05) is 18.6 Å². The third-order valence-electron chi connectivity index (χ3n) is 8.48. The van der Waals surface area contributed by atoms with E-state index in [0.29, 0.717) is 35.4 Å². The topological polar surface area (TPSA) is 94.7 Å². The van der Waals surface area contributed by atoms with Gasteiger partial charge < -0.3 is 15.0 Å². The molecule has 0 bridgehead atoms. The average Bonchev–Trinajstić information content (AvgIpc) is 3.54. The number of hydrogen-bond donors (Lipinski definition) is 2. The number of imide groups is 1. The third kappa shape index (κ3) is 4.57. The Morgan fingerprint density at radius 3 is 2.55 bits per heavy atom. The van der Waals surface area contributed by atoms with Crippen LogP contribution in [0.4, 0.5) is 14.9 Å². The molecule has 0 aliphatic carbocycles. The number of rotatable bonds is 7. The number of urea groups is 1. The van der Waals surface area contributed by atoms with Gasteiger partial charge in [0.15, 0.2) is 0 Å². The molecule has 4 amide bonds. The highest BCUT2D eigenvalue weighted by atomic mass is 19.1. The van der Waals surface area contributed by atoms with Gasteiger partial charge in [-0.15, -0.1) is 0 Å². The molecule has 5 aromatic rings. The average molecular weight is 589 g/mol. The molecule has 220 valence electrons. The Labute approximate surface area is 253 Å². The zero-order valence-corrected chi connectivity index (χ0v) is 23.9. The minimum Gasteiger partial charge on any atom is -0.497 e. The molecule has 1 aromatic heterocycles. The lowest BCUT2D eigenvalue weighted by Gasteiger charge is -2.36. The van der Waals surface area contributed by atoms with Gasteiger partial charge in [0, 0.05) is 35.1 Å². The van der Waals surface area contributed by atoms with Gasteiger partial charge in [0.25, 0.3) is 11.8 Å². The Morgan fingerprint density at radius 2 is 1.75 bits per heavy atom. The number of nitrogens with one attached hydrogen (secondary N) is 2. The highest BCUT2D eigenvalue weighted by Gasteiger charge is 2.53. The van der Waals surface area contributed by atoms with Gasteiger partial charge in [0.05, 0.1) is 12.8 Å². The lowest BCUT2D eigenvalue weighted by molar-refractivity contribution is -0.120. The molecule has 2 atom stereocenters. The van der Waals surface area contributed by atoms with Crippen molar-refractivity contribution in [2.24, 2.45) is 0 Å². The number of halogens is 1. The highest BCUT2D eigenvalue weighted by molar-refractivity contribution is 6.22. The molecule has 2 aliphatic rings. The number of fused-ring (bicyclic) bond motifs is 4. The monoisotopic (exact) mass is 588 g/mol. The summed E-state index contributed by atoms with van der Waals surface area (Å²) in [5, 5.41) is 3.83. The summed E-state index contributed by atoms with van der Waals surface area (Å²) in [6.45, 7) is 0.266. The number of H-pyrrole nitrogens is 1. The molecule has 1 fully saturated rings. The molecular formula is C35H29FN4O4. The number of carbonyl (C=O) groups excluding carboxylic acids is 3. The quantitative estimate of drug-likeness (QED) is 0.236. The molecular weight excluding hydrogens is 559 g/mol. The summed E-state index contributed by atoms with van der Waals surface area (Å²) >= 11 is 0. The van der Waals surface area contributed by atoms with Crippen LogP contribution in [0.2, 0.25) is 0 Å². The second-order valence-corrected chi connectivity index (χ2v) is 11.0. The van der Waals surface area contributed by atoms with E-state index in [1.54, 1.807) is 54.5 Å². The van der Waals surface area contributed by atoms with E-state index in [2.05, 4.69) is 10.3 Å². The Morgan fingerprint density at radius 1 is 0.977 bits per heavy atom. The maximum atomic E-state index is 14.1. The van der Waals surface area contributed by atoms with Crippen LogP contribution in [0.5, 0.6) is 5.75 Å². The number of ether oxygens (including phenoxy) is 1. The van der Waals surface area contributed by atoms with Crippen LogP contribution >= 0.6 is 0 Å². The number of hydrogen-bond acceptors (Lipinski definition) is 4. The van der Waals surface area contributed by atoms with Gasteiger partial charge in [-0.1, -0.05) is 48.5 Å². The summed E-state index contributed by atoms with van der Waals surface area (Å²) in [6, 6.07) is 26.7. The van der Waals surface area contributed by atoms with Crippen molar-refractivity contribution < 1.29 is 23.5 Å². The summed E-state index contributed by atoms with van der Waals surface area (Å²) in [5.41, 5.74) is 4.95. The number of methoxy groups -OCH3 is 1. The zero-order chi connectivity index (χ0) is 30.4. The second kappa shape index (κ2) is 11.0. The molecule has 4 aromatic carbocycles. The van der Waals surface area contributed by atoms with Crippen LogP contribution in [0.15, 0.2) is 97.1 Å². The molecule has 3 heterocycles. The van der Waals surface area contributed by atoms with Crippen LogP contribution in [-0.2, 0) is 17.6 Å². The van der Waals surface area contributed by atoms with Gasteiger partial charge in [-0.2, -0.15) is 0 Å². The highest BCUT2D eigenvalue weighted by Crippen LogP contribution is 2.45. The Balaban J connectivity index is 1.16. The molecule has 0 spiro atoms. The second-order valence-electron chi connectivity index (χ2n) is 11.0. The number of carbonyl (C=O) groups is 3. The normalized spacial score (nSPS) is 17.5. The van der Waals surface area contributed by atoms with Gasteiger partial charge in [0.1, 0.15) is 23.7 Å². The van der Waals surface area contributed by atoms with Crippen molar-refractivity contribution in [3.63, 3.8) is 0 Å². The number of aromatic nitrogens is 1.